The molecule has 0 bridgehead atoms. The molecule has 448 valence electrons. The van der Waals surface area contributed by atoms with E-state index in [1.807, 2.05) is 105 Å². The van der Waals surface area contributed by atoms with Gasteiger partial charge in [0.05, 0.1) is 45.6 Å². The fraction of sp³-hybridized carbons (Fsp3) is 0.361. The number of aryl methyl sites for hydroxylation is 2. The van der Waals surface area contributed by atoms with Gasteiger partial charge in [0.2, 0.25) is 12.3 Å². The number of carbonyl (C=O) groups excluding carboxylic acids is 5. The van der Waals surface area contributed by atoms with Crippen LogP contribution in [-0.4, -0.2) is 149 Å². The average molecular weight is 1170 g/mol. The first kappa shape index (κ1) is 65.9. The van der Waals surface area contributed by atoms with E-state index < -0.39 is 0 Å². The molecule has 6 N–H and O–H groups in total. The molecule has 22 nitrogen and oxygen atoms in total. The van der Waals surface area contributed by atoms with Crippen molar-refractivity contribution in [3.8, 4) is 5.75 Å². The molecule has 7 aromatic rings. The topological polar surface area (TPSA) is 272 Å². The fourth-order valence-corrected chi connectivity index (χ4v) is 8.61. The number of ether oxygens (including phenoxy) is 3. The molecule has 3 aliphatic rings. The van der Waals surface area contributed by atoms with Gasteiger partial charge in [0.1, 0.15) is 17.1 Å². The van der Waals surface area contributed by atoms with Crippen LogP contribution in [0, 0.1) is 0 Å². The van der Waals surface area contributed by atoms with Crippen molar-refractivity contribution in [2.75, 3.05) is 77.4 Å². The highest BCUT2D eigenvalue weighted by Crippen LogP contribution is 2.23. The smallest absolute Gasteiger partial charge is 0.276 e. The van der Waals surface area contributed by atoms with Gasteiger partial charge < -0.3 is 40.0 Å². The van der Waals surface area contributed by atoms with E-state index in [1.165, 1.54) is 60.7 Å². The van der Waals surface area contributed by atoms with E-state index >= 15 is 0 Å². The molecular formula is C61H77ClN12O10. The molecule has 84 heavy (non-hydrogen) atoms. The number of aromatic nitrogens is 6. The van der Waals surface area contributed by atoms with Crippen molar-refractivity contribution >= 4 is 59.4 Å². The first-order valence-corrected chi connectivity index (χ1v) is 28.0. The van der Waals surface area contributed by atoms with Crippen LogP contribution in [0.3, 0.4) is 0 Å². The fourth-order valence-electron chi connectivity index (χ4n) is 8.38. The quantitative estimate of drug-likeness (QED) is 0.0513. The van der Waals surface area contributed by atoms with Gasteiger partial charge in [-0.3, -0.25) is 58.2 Å². The molecule has 3 fully saturated rings. The third kappa shape index (κ3) is 22.8. The third-order valence-corrected chi connectivity index (χ3v) is 13.4. The van der Waals surface area contributed by atoms with Gasteiger partial charge in [-0.25, -0.2) is 4.99 Å². The summed E-state index contributed by atoms with van der Waals surface area (Å²) >= 11 is 6.20. The molecule has 1 saturated carbocycles. The van der Waals surface area contributed by atoms with Crippen LogP contribution in [0.15, 0.2) is 142 Å². The predicted octanol–water partition coefficient (Wildman–Crippen LogP) is 7.49. The van der Waals surface area contributed by atoms with E-state index in [2.05, 4.69) is 55.2 Å². The number of aromatic amines is 3. The molecule has 1 aliphatic carbocycles. The maximum absolute atomic E-state index is 11.9. The lowest BCUT2D eigenvalue weighted by molar-refractivity contribution is -0.115. The van der Waals surface area contributed by atoms with E-state index in [9.17, 15) is 33.6 Å². The highest BCUT2D eigenvalue weighted by atomic mass is 35.5. The molecule has 5 heterocycles. The zero-order valence-electron chi connectivity index (χ0n) is 48.5. The maximum Gasteiger partial charge on any atom is 0.276 e. The number of benzene rings is 4. The molecule has 2 saturated heterocycles. The lowest BCUT2D eigenvalue weighted by atomic mass is 9.96. The highest BCUT2D eigenvalue weighted by Gasteiger charge is 2.21. The number of halogens is 1. The lowest BCUT2D eigenvalue weighted by Crippen LogP contribution is -2.40. The Balaban J connectivity index is 0.000000188. The van der Waals surface area contributed by atoms with Crippen molar-refractivity contribution in [3.63, 3.8) is 0 Å². The number of hydrogen-bond donors (Lipinski definition) is 6. The number of hydrogen-bond acceptors (Lipinski definition) is 12. The molecule has 10 rings (SSSR count). The van der Waals surface area contributed by atoms with Gasteiger partial charge in [-0.1, -0.05) is 118 Å². The van der Waals surface area contributed by atoms with Gasteiger partial charge in [-0.2, -0.15) is 5.10 Å². The van der Waals surface area contributed by atoms with Crippen molar-refractivity contribution in [2.24, 2.45) is 19.1 Å². The average Bonchev–Trinajstić information content (AvgIpc) is 4.46. The number of H-pyrrole nitrogens is 3. The second-order valence-corrected chi connectivity index (χ2v) is 20.0. The van der Waals surface area contributed by atoms with Gasteiger partial charge >= 0.3 is 0 Å². The SMILES string of the molecule is CC(C)c1ccc(C=NC(=O)c2ccccc2)c(Cl)c1.CNc1ccccc1OC.Cn1[nH]c(C(=O)N2CCOCC2)cc1=O.Cn1ccc(NC(=O)Cc2ccccc2)n1.O=C(c1cc(=O)[nH][nH]1)N1CCOCC1.O=CNC1CCCCC1. The van der Waals surface area contributed by atoms with Crippen LogP contribution in [0.2, 0.25) is 5.02 Å². The zero-order valence-corrected chi connectivity index (χ0v) is 49.2. The summed E-state index contributed by atoms with van der Waals surface area (Å²) in [6.45, 7) is 8.76. The number of carbonyl (C=O) groups is 5. The minimum Gasteiger partial charge on any atom is -0.495 e. The zero-order chi connectivity index (χ0) is 60.6. The Morgan fingerprint density at radius 2 is 1.38 bits per heavy atom. The Kier molecular flexibility index (Phi) is 28.2. The second-order valence-electron chi connectivity index (χ2n) is 19.6. The minimum atomic E-state index is -0.290. The molecule has 4 aromatic carbocycles. The van der Waals surface area contributed by atoms with Crippen LogP contribution < -0.4 is 31.8 Å². The van der Waals surface area contributed by atoms with Gasteiger partial charge in [0.15, 0.2) is 5.82 Å². The number of amides is 5. The predicted molar refractivity (Wildman–Crippen MR) is 325 cm³/mol. The van der Waals surface area contributed by atoms with Crippen LogP contribution in [0.25, 0.3) is 0 Å². The number of nitrogens with one attached hydrogen (secondary N) is 6. The normalized spacial score (nSPS) is 13.8. The van der Waals surface area contributed by atoms with Gasteiger partial charge in [-0.05, 0) is 60.2 Å². The van der Waals surface area contributed by atoms with Crippen LogP contribution >= 0.6 is 11.6 Å². The Bertz CT molecular complexity index is 3240. The first-order chi connectivity index (χ1) is 40.6. The summed E-state index contributed by atoms with van der Waals surface area (Å²) in [6.07, 6.45) is 10.8. The standard InChI is InChI=1S/C17H16ClNO.C12H13N3O.C9H13N3O3.C8H11N3O3.C8H11NO.C7H13NO/c1-12(2)14-8-9-15(16(18)10-14)11-19-17(20)13-6-4-3-5-7-13;1-15-8-7-11(14-15)13-12(16)9-10-5-3-2-4-6-10;1-11-8(13)6-7(10-11)9(14)12-2-4-15-5-3-12;12-7-5-6(9-10-7)8(13)11-1-3-14-4-2-11;1-9-7-5-3-4-6-8(7)10-2;9-6-8-7-4-2-1-3-5-7/h3-12H,1-2H3;2-8H,9H2,1H3,(H,13,14,16);6,10H,2-5H2,1H3;5H,1-4H2,(H2,9,10,12);3-6,9H,1-2H3;6-7H,1-5H2,(H,8,9). The summed E-state index contributed by atoms with van der Waals surface area (Å²) in [4.78, 5) is 86.2. The summed E-state index contributed by atoms with van der Waals surface area (Å²) in [5.74, 6) is 1.26. The van der Waals surface area contributed by atoms with Crippen LogP contribution in [-0.2, 0) is 39.6 Å². The van der Waals surface area contributed by atoms with Crippen molar-refractivity contribution < 1.29 is 38.2 Å². The van der Waals surface area contributed by atoms with Gasteiger partial charge in [-0.15, -0.1) is 0 Å². The van der Waals surface area contributed by atoms with Crippen LogP contribution in [0.4, 0.5) is 11.5 Å². The number of anilines is 2. The van der Waals surface area contributed by atoms with E-state index in [0.717, 1.165) is 29.0 Å². The Labute approximate surface area is 493 Å². The summed E-state index contributed by atoms with van der Waals surface area (Å²) in [5, 5.41) is 20.8. The molecule has 3 aromatic heterocycles. The van der Waals surface area contributed by atoms with Gasteiger partial charge in [0, 0.05) is 100 Å². The molecule has 5 amide bonds. The van der Waals surface area contributed by atoms with Crippen molar-refractivity contribution in [2.45, 2.75) is 64.3 Å². The Morgan fingerprint density at radius 3 is 1.89 bits per heavy atom. The lowest BCUT2D eigenvalue weighted by Gasteiger charge is -2.26. The molecule has 0 spiro atoms. The largest absolute Gasteiger partial charge is 0.495 e. The number of para-hydroxylation sites is 2. The Hall–Kier alpha value is -8.86. The maximum atomic E-state index is 11.9. The monoisotopic (exact) mass is 1170 g/mol. The van der Waals surface area contributed by atoms with E-state index in [1.54, 1.807) is 53.0 Å². The highest BCUT2D eigenvalue weighted by molar-refractivity contribution is 6.33. The summed E-state index contributed by atoms with van der Waals surface area (Å²) in [7, 11) is 6.93. The summed E-state index contributed by atoms with van der Waals surface area (Å²) in [5.41, 5.74) is 4.65. The minimum absolute atomic E-state index is 0.0510. The first-order valence-electron chi connectivity index (χ1n) is 27.6. The second kappa shape index (κ2) is 35.9. The molecule has 0 unspecified atom stereocenters. The van der Waals surface area contributed by atoms with Crippen molar-refractivity contribution in [1.29, 1.82) is 0 Å². The summed E-state index contributed by atoms with van der Waals surface area (Å²) < 4.78 is 18.3. The third-order valence-electron chi connectivity index (χ3n) is 13.0. The van der Waals surface area contributed by atoms with E-state index in [0.29, 0.717) is 98.8 Å². The number of rotatable bonds is 12. The number of aliphatic imine (C=N–C) groups is 1. The number of morpholine rings is 2. The molecule has 0 atom stereocenters. The van der Waals surface area contributed by atoms with Crippen LogP contribution in [0.1, 0.15) is 99.9 Å². The van der Waals surface area contributed by atoms with Crippen molar-refractivity contribution in [1.82, 2.24) is 44.9 Å². The Morgan fingerprint density at radius 1 is 0.774 bits per heavy atom. The van der Waals surface area contributed by atoms with E-state index in [-0.39, 0.29) is 34.7 Å². The molecule has 2 aliphatic heterocycles. The molecule has 0 radical (unpaired) electrons. The number of methoxy groups -OCH3 is 1. The van der Waals surface area contributed by atoms with Crippen LogP contribution in [0.5, 0.6) is 5.75 Å². The summed E-state index contributed by atoms with van der Waals surface area (Å²) in [6, 6.07) is 37.0. The molecule has 23 heteroatoms. The molecular weight excluding hydrogens is 1100 g/mol. The van der Waals surface area contributed by atoms with E-state index in [4.69, 9.17) is 25.8 Å². The van der Waals surface area contributed by atoms with Crippen molar-refractivity contribution in [3.05, 3.63) is 187 Å². The number of nitrogens with zero attached hydrogens (tertiary/aromatic N) is 6. The van der Waals surface area contributed by atoms with Gasteiger partial charge in [0.25, 0.3) is 28.8 Å².